The monoisotopic (exact) mass is 688 g/mol. The van der Waals surface area contributed by atoms with E-state index in [-0.39, 0.29) is 0 Å². The molecule has 0 aliphatic rings. The molecule has 0 bridgehead atoms. The van der Waals surface area contributed by atoms with Gasteiger partial charge in [0.25, 0.3) is 0 Å². The zero-order valence-corrected chi connectivity index (χ0v) is 29.7. The Hall–Kier alpha value is -7.16. The smallest absolute Gasteiger partial charge is 0.0781 e. The highest BCUT2D eigenvalue weighted by Crippen LogP contribution is 2.51. The largest absolute Gasteiger partial charge is 0.308 e. The summed E-state index contributed by atoms with van der Waals surface area (Å²) in [6.07, 6.45) is 0. The van der Waals surface area contributed by atoms with E-state index in [1.807, 2.05) is 0 Å². The average Bonchev–Trinajstić information content (AvgIpc) is 3.25. The van der Waals surface area contributed by atoms with Crippen molar-refractivity contribution in [2.24, 2.45) is 0 Å². The van der Waals surface area contributed by atoms with Crippen LogP contribution in [-0.4, -0.2) is 0 Å². The van der Waals surface area contributed by atoms with Gasteiger partial charge in [0.05, 0.1) is 11.4 Å². The Morgan fingerprint density at radius 1 is 0.259 bits per heavy atom. The van der Waals surface area contributed by atoms with Gasteiger partial charge in [0.1, 0.15) is 0 Å². The Morgan fingerprint density at radius 2 is 0.704 bits per heavy atom. The lowest BCUT2D eigenvalue weighted by molar-refractivity contribution is 1.23. The fourth-order valence-corrected chi connectivity index (χ4v) is 8.07. The molecule has 0 aliphatic carbocycles. The lowest BCUT2D eigenvalue weighted by atomic mass is 9.97. The van der Waals surface area contributed by atoms with Gasteiger partial charge in [-0.3, -0.25) is 0 Å². The third-order valence-corrected chi connectivity index (χ3v) is 10.6. The van der Waals surface area contributed by atoms with Gasteiger partial charge in [0, 0.05) is 28.3 Å². The summed E-state index contributed by atoms with van der Waals surface area (Å²) in [5.41, 5.74) is 8.81. The highest BCUT2D eigenvalue weighted by molar-refractivity contribution is 6.11. The van der Waals surface area contributed by atoms with Crippen molar-refractivity contribution in [2.45, 2.75) is 0 Å². The summed E-state index contributed by atoms with van der Waals surface area (Å²) in [5, 5.41) is 9.92. The Bertz CT molecular complexity index is 2940. The fraction of sp³-hybridized carbons (Fsp3) is 0. The summed E-state index contributed by atoms with van der Waals surface area (Å²) >= 11 is 0. The molecule has 0 N–H and O–H groups in total. The van der Waals surface area contributed by atoms with Crippen LogP contribution in [0.3, 0.4) is 0 Å². The van der Waals surface area contributed by atoms with Crippen molar-refractivity contribution in [1.82, 2.24) is 0 Å². The predicted molar refractivity (Wildman–Crippen MR) is 231 cm³/mol. The van der Waals surface area contributed by atoms with E-state index in [4.69, 9.17) is 0 Å². The summed E-state index contributed by atoms with van der Waals surface area (Å²) in [7, 11) is 0. The van der Waals surface area contributed by atoms with Crippen molar-refractivity contribution in [1.29, 1.82) is 0 Å². The standard InChI is InChI=1S/C52H36N2/c1-4-15-37(16-5-1)50-25-14-26-51(53(42-19-6-2-7-20-42)44-31-33-48-40(35-44)29-27-38-17-10-12-23-46(38)48)52(50)54(43-21-8-3-9-22-43)45-32-34-49-41(36-45)30-28-39-18-11-13-24-47(39)49/h1-36H. The highest BCUT2D eigenvalue weighted by Gasteiger charge is 2.26. The molecule has 0 saturated carbocycles. The molecule has 10 aromatic rings. The minimum absolute atomic E-state index is 1.07. The second-order valence-corrected chi connectivity index (χ2v) is 13.8. The summed E-state index contributed by atoms with van der Waals surface area (Å²) in [6, 6.07) is 79.1. The molecule has 0 spiro atoms. The number of rotatable bonds is 7. The SMILES string of the molecule is c1ccc(-c2cccc(N(c3ccccc3)c3ccc4c(ccc5ccccc54)c3)c2N(c2ccccc2)c2ccc3c(ccc4ccccc43)c2)cc1. The van der Waals surface area contributed by atoms with Crippen LogP contribution in [0, 0.1) is 0 Å². The molecule has 0 amide bonds. The minimum Gasteiger partial charge on any atom is -0.308 e. The van der Waals surface area contributed by atoms with Gasteiger partial charge in [-0.2, -0.15) is 0 Å². The van der Waals surface area contributed by atoms with E-state index < -0.39 is 0 Å². The van der Waals surface area contributed by atoms with Crippen LogP contribution in [0.1, 0.15) is 0 Å². The van der Waals surface area contributed by atoms with Gasteiger partial charge in [0.2, 0.25) is 0 Å². The molecular weight excluding hydrogens is 653 g/mol. The Balaban J connectivity index is 1.27. The van der Waals surface area contributed by atoms with E-state index in [1.54, 1.807) is 0 Å². The van der Waals surface area contributed by atoms with Crippen LogP contribution in [0.15, 0.2) is 218 Å². The zero-order valence-electron chi connectivity index (χ0n) is 29.7. The molecule has 0 aliphatic heterocycles. The average molecular weight is 689 g/mol. The quantitative estimate of drug-likeness (QED) is 0.154. The van der Waals surface area contributed by atoms with Crippen LogP contribution >= 0.6 is 0 Å². The van der Waals surface area contributed by atoms with Gasteiger partial charge < -0.3 is 9.80 Å². The number of hydrogen-bond donors (Lipinski definition) is 0. The summed E-state index contributed by atoms with van der Waals surface area (Å²) in [6.45, 7) is 0. The molecule has 54 heavy (non-hydrogen) atoms. The van der Waals surface area contributed by atoms with E-state index in [0.717, 1.165) is 45.3 Å². The predicted octanol–water partition coefficient (Wildman–Crippen LogP) is 14.9. The summed E-state index contributed by atoms with van der Waals surface area (Å²) in [5.74, 6) is 0. The number of nitrogens with zero attached hydrogens (tertiary/aromatic N) is 2. The lowest BCUT2D eigenvalue weighted by Gasteiger charge is -2.35. The molecule has 0 fully saturated rings. The molecular formula is C52H36N2. The van der Waals surface area contributed by atoms with E-state index >= 15 is 0 Å². The molecule has 0 unspecified atom stereocenters. The van der Waals surface area contributed by atoms with Crippen molar-refractivity contribution in [2.75, 3.05) is 9.80 Å². The topological polar surface area (TPSA) is 6.48 Å². The number of para-hydroxylation sites is 3. The van der Waals surface area contributed by atoms with Crippen LogP contribution in [0.2, 0.25) is 0 Å². The highest BCUT2D eigenvalue weighted by atomic mass is 15.2. The van der Waals surface area contributed by atoms with Gasteiger partial charge in [-0.1, -0.05) is 164 Å². The number of anilines is 6. The molecule has 0 radical (unpaired) electrons. The Morgan fingerprint density at radius 3 is 1.28 bits per heavy atom. The third kappa shape index (κ3) is 5.53. The van der Waals surface area contributed by atoms with Crippen LogP contribution in [0.5, 0.6) is 0 Å². The van der Waals surface area contributed by atoms with Crippen LogP contribution in [0.4, 0.5) is 34.1 Å². The summed E-state index contributed by atoms with van der Waals surface area (Å²) in [4.78, 5) is 4.86. The van der Waals surface area contributed by atoms with Gasteiger partial charge >= 0.3 is 0 Å². The second-order valence-electron chi connectivity index (χ2n) is 13.8. The first-order valence-electron chi connectivity index (χ1n) is 18.5. The van der Waals surface area contributed by atoms with E-state index in [0.29, 0.717) is 0 Å². The molecule has 10 aromatic carbocycles. The van der Waals surface area contributed by atoms with Crippen molar-refractivity contribution in [3.8, 4) is 11.1 Å². The maximum absolute atomic E-state index is 2.44. The molecule has 2 nitrogen and oxygen atoms in total. The van der Waals surface area contributed by atoms with Gasteiger partial charge in [-0.15, -0.1) is 0 Å². The van der Waals surface area contributed by atoms with Gasteiger partial charge in [0.15, 0.2) is 0 Å². The maximum atomic E-state index is 2.44. The maximum Gasteiger partial charge on any atom is 0.0781 e. The van der Waals surface area contributed by atoms with Crippen LogP contribution in [0.25, 0.3) is 54.2 Å². The number of fused-ring (bicyclic) bond motifs is 6. The van der Waals surface area contributed by atoms with Crippen molar-refractivity contribution < 1.29 is 0 Å². The fourth-order valence-electron chi connectivity index (χ4n) is 8.07. The number of hydrogen-bond acceptors (Lipinski definition) is 2. The molecule has 0 atom stereocenters. The minimum atomic E-state index is 1.07. The van der Waals surface area contributed by atoms with E-state index in [2.05, 4.69) is 228 Å². The van der Waals surface area contributed by atoms with Crippen LogP contribution < -0.4 is 9.80 Å². The molecule has 2 heteroatoms. The molecule has 254 valence electrons. The first-order valence-corrected chi connectivity index (χ1v) is 18.5. The number of benzene rings is 10. The van der Waals surface area contributed by atoms with Gasteiger partial charge in [-0.05, 0) is 103 Å². The molecule has 0 saturated heterocycles. The second kappa shape index (κ2) is 13.4. The van der Waals surface area contributed by atoms with E-state index in [9.17, 15) is 0 Å². The van der Waals surface area contributed by atoms with Crippen molar-refractivity contribution in [3.05, 3.63) is 218 Å². The Labute approximate surface area is 315 Å². The van der Waals surface area contributed by atoms with Crippen molar-refractivity contribution >= 4 is 77.2 Å². The zero-order chi connectivity index (χ0) is 35.8. The molecule has 10 rings (SSSR count). The van der Waals surface area contributed by atoms with Gasteiger partial charge in [-0.25, -0.2) is 0 Å². The first kappa shape index (κ1) is 31.6. The molecule has 0 heterocycles. The van der Waals surface area contributed by atoms with Crippen LogP contribution in [-0.2, 0) is 0 Å². The van der Waals surface area contributed by atoms with E-state index in [1.165, 1.54) is 43.1 Å². The lowest BCUT2D eigenvalue weighted by Crippen LogP contribution is -2.18. The third-order valence-electron chi connectivity index (χ3n) is 10.6. The normalized spacial score (nSPS) is 11.3. The summed E-state index contributed by atoms with van der Waals surface area (Å²) < 4.78 is 0. The van der Waals surface area contributed by atoms with Crippen molar-refractivity contribution in [3.63, 3.8) is 0 Å². The first-order chi connectivity index (χ1) is 26.8. The Kier molecular flexibility index (Phi) is 7.85. The molecule has 0 aromatic heterocycles.